The lowest BCUT2D eigenvalue weighted by molar-refractivity contribution is -0.00274. The first-order valence-electron chi connectivity index (χ1n) is 25.5. The lowest BCUT2D eigenvalue weighted by Gasteiger charge is -2.54. The lowest BCUT2D eigenvalue weighted by Crippen LogP contribution is -2.43. The molecule has 0 amide bonds. The zero-order chi connectivity index (χ0) is 47.3. The van der Waals surface area contributed by atoms with Crippen molar-refractivity contribution in [1.29, 1.82) is 5.26 Å². The molecule has 340 valence electrons. The van der Waals surface area contributed by atoms with Crippen LogP contribution in [0.15, 0.2) is 176 Å². The van der Waals surface area contributed by atoms with E-state index in [1.807, 2.05) is 40.9 Å². The molecule has 4 aliphatic carbocycles. The summed E-state index contributed by atoms with van der Waals surface area (Å²) < 4.78 is 9.73. The molecule has 0 atom stereocenters. The van der Waals surface area contributed by atoms with Crippen molar-refractivity contribution in [2.24, 2.45) is 23.7 Å². The third-order valence-corrected chi connectivity index (χ3v) is 19.7. The van der Waals surface area contributed by atoms with Gasteiger partial charge in [0.2, 0.25) is 5.69 Å². The highest BCUT2D eigenvalue weighted by Gasteiger charge is 2.48. The van der Waals surface area contributed by atoms with Crippen LogP contribution in [0.2, 0.25) is 0 Å². The maximum Gasteiger partial charge on any atom is 0.220 e. The summed E-state index contributed by atoms with van der Waals surface area (Å²) in [4.78, 5) is 4.70. The van der Waals surface area contributed by atoms with E-state index in [2.05, 4.69) is 173 Å². The van der Waals surface area contributed by atoms with E-state index in [-0.39, 0.29) is 0 Å². The second-order valence-electron chi connectivity index (χ2n) is 20.9. The van der Waals surface area contributed by atoms with Gasteiger partial charge in [0.1, 0.15) is 6.07 Å². The van der Waals surface area contributed by atoms with Crippen molar-refractivity contribution in [1.82, 2.24) is 9.13 Å². The fraction of sp³-hybridized carbons (Fsp3) is 0.152. The van der Waals surface area contributed by atoms with E-state index >= 15 is 0 Å². The largest absolute Gasteiger partial charge is 0.316 e. The molecule has 6 heteroatoms. The summed E-state index contributed by atoms with van der Waals surface area (Å²) in [5.74, 6) is 3.72. The van der Waals surface area contributed by atoms with Gasteiger partial charge in [-0.1, -0.05) is 152 Å². The SMILES string of the molecule is [C-]#[N+]c1c(-c2ccccc2)c(C#N)c(-n2c3ccccc3c3ccc(C4C5CC6CC(C5)CC4C6)cc32)c(-c2ccccc2)c1-n1c2c(ccc3c4ccccc4sc32)c2ccc3c4ccccc4sc3c21. The van der Waals surface area contributed by atoms with Gasteiger partial charge in [-0.3, -0.25) is 0 Å². The molecule has 0 N–H and O–H groups in total. The quantitative estimate of drug-likeness (QED) is 0.158. The standard InChI is InChI=1S/C66H44N4S2/c1-68-60-58(39-14-4-2-5-15-39)52(36-67)61(69-53-21-11-8-18-44(53)45-25-24-41(35-54(45)69)57-42-31-37-30-38(33-42)34-43(57)32-37)59(40-16-6-3-7-17-40)64(60)70-62-48(26-28-50-46-19-9-12-22-55(46)71-65(50)62)49-27-29-51-47-20-10-13-23-56(47)72-66(51)63(49)70/h2-29,35,37-38,42-43,57H,30-34H2. The molecule has 17 rings (SSSR count). The molecule has 72 heavy (non-hydrogen) atoms. The molecule has 4 aromatic heterocycles. The van der Waals surface area contributed by atoms with E-state index < -0.39 is 0 Å². The van der Waals surface area contributed by atoms with Gasteiger partial charge in [-0.15, -0.1) is 22.7 Å². The van der Waals surface area contributed by atoms with Crippen molar-refractivity contribution in [3.8, 4) is 39.7 Å². The Kier molecular flexibility index (Phi) is 8.62. The summed E-state index contributed by atoms with van der Waals surface area (Å²) in [6.07, 6.45) is 6.80. The van der Waals surface area contributed by atoms with Crippen LogP contribution in [-0.4, -0.2) is 9.13 Å². The lowest BCUT2D eigenvalue weighted by atomic mass is 9.51. The van der Waals surface area contributed by atoms with E-state index in [0.29, 0.717) is 34.6 Å². The third kappa shape index (κ3) is 5.54. The maximum atomic E-state index is 12.1. The molecule has 13 aromatic rings. The van der Waals surface area contributed by atoms with Gasteiger partial charge in [0.15, 0.2) is 0 Å². The van der Waals surface area contributed by atoms with Gasteiger partial charge in [-0.25, -0.2) is 4.85 Å². The normalized spacial score (nSPS) is 19.5. The van der Waals surface area contributed by atoms with Crippen LogP contribution in [0.1, 0.15) is 49.1 Å². The number of thiophene rings is 2. The van der Waals surface area contributed by atoms with Crippen LogP contribution < -0.4 is 0 Å². The molecule has 0 radical (unpaired) electrons. The number of aromatic nitrogens is 2. The molecule has 4 saturated carbocycles. The highest BCUT2D eigenvalue weighted by atomic mass is 32.1. The van der Waals surface area contributed by atoms with Crippen LogP contribution in [0.3, 0.4) is 0 Å². The molecule has 0 saturated heterocycles. The van der Waals surface area contributed by atoms with E-state index in [1.54, 1.807) is 0 Å². The average Bonchev–Trinajstić information content (AvgIpc) is 4.18. The molecule has 0 aliphatic heterocycles. The van der Waals surface area contributed by atoms with Crippen LogP contribution in [0, 0.1) is 41.6 Å². The number of para-hydroxylation sites is 1. The van der Waals surface area contributed by atoms with Gasteiger partial charge in [-0.2, -0.15) is 5.26 Å². The Balaban J connectivity index is 1.15. The summed E-state index contributed by atoms with van der Waals surface area (Å²) in [6, 6.07) is 66.6. The van der Waals surface area contributed by atoms with Gasteiger partial charge in [0.25, 0.3) is 0 Å². The van der Waals surface area contributed by atoms with E-state index in [1.165, 1.54) is 83.4 Å². The number of hydrogen-bond donors (Lipinski definition) is 0. The first-order chi connectivity index (χ1) is 35.6. The minimum absolute atomic E-state index is 0.463. The minimum Gasteiger partial charge on any atom is -0.316 e. The number of nitriles is 1. The van der Waals surface area contributed by atoms with Crippen molar-refractivity contribution >= 4 is 112 Å². The highest BCUT2D eigenvalue weighted by Crippen LogP contribution is 2.61. The molecule has 4 nitrogen and oxygen atoms in total. The minimum atomic E-state index is 0.463. The zero-order valence-electron chi connectivity index (χ0n) is 39.3. The number of nitrogens with zero attached hydrogens (tertiary/aromatic N) is 4. The molecule has 0 spiro atoms. The summed E-state index contributed by atoms with van der Waals surface area (Å²) in [7, 11) is 0. The molecule has 4 heterocycles. The Labute approximate surface area is 424 Å². The molecule has 4 aliphatic rings. The molecular weight excluding hydrogens is 913 g/mol. The molecule has 0 unspecified atom stereocenters. The van der Waals surface area contributed by atoms with Crippen molar-refractivity contribution in [3.63, 3.8) is 0 Å². The molecule has 4 bridgehead atoms. The van der Waals surface area contributed by atoms with Gasteiger partial charge in [0, 0.05) is 63.6 Å². The van der Waals surface area contributed by atoms with Crippen LogP contribution in [0.25, 0.3) is 122 Å². The smallest absolute Gasteiger partial charge is 0.220 e. The monoisotopic (exact) mass is 956 g/mol. The van der Waals surface area contributed by atoms with Gasteiger partial charge in [-0.05, 0) is 103 Å². The summed E-state index contributed by atoms with van der Waals surface area (Å²) in [6.45, 7) is 9.55. The fourth-order valence-corrected chi connectivity index (χ4v) is 17.3. The van der Waals surface area contributed by atoms with Crippen molar-refractivity contribution < 1.29 is 0 Å². The third-order valence-electron chi connectivity index (χ3n) is 17.3. The highest BCUT2D eigenvalue weighted by molar-refractivity contribution is 7.27. The predicted molar refractivity (Wildman–Crippen MR) is 303 cm³/mol. The average molecular weight is 957 g/mol. The number of rotatable bonds is 5. The Morgan fingerprint density at radius 1 is 0.472 bits per heavy atom. The Hall–Kier alpha value is -8.00. The second-order valence-corrected chi connectivity index (χ2v) is 23.0. The molecular formula is C66H44N4S2. The van der Waals surface area contributed by atoms with E-state index in [4.69, 9.17) is 4.85 Å². The Morgan fingerprint density at radius 3 is 1.56 bits per heavy atom. The summed E-state index contributed by atoms with van der Waals surface area (Å²) >= 11 is 3.65. The maximum absolute atomic E-state index is 12.1. The van der Waals surface area contributed by atoms with E-state index in [0.717, 1.165) is 78.1 Å². The summed E-state index contributed by atoms with van der Waals surface area (Å²) in [5, 5.41) is 21.6. The van der Waals surface area contributed by atoms with Crippen LogP contribution in [-0.2, 0) is 0 Å². The second kappa shape index (κ2) is 15.3. The first-order valence-corrected chi connectivity index (χ1v) is 27.1. The van der Waals surface area contributed by atoms with Gasteiger partial charge >= 0.3 is 0 Å². The van der Waals surface area contributed by atoms with Crippen LogP contribution in [0.5, 0.6) is 0 Å². The topological polar surface area (TPSA) is 38.0 Å². The fourth-order valence-electron chi connectivity index (χ4n) is 14.8. The van der Waals surface area contributed by atoms with Crippen molar-refractivity contribution in [2.75, 3.05) is 0 Å². The van der Waals surface area contributed by atoms with Gasteiger partial charge in [0.05, 0.1) is 55.0 Å². The van der Waals surface area contributed by atoms with Gasteiger partial charge < -0.3 is 9.13 Å². The van der Waals surface area contributed by atoms with Crippen LogP contribution >= 0.6 is 22.7 Å². The number of fused-ring (bicyclic) bond motifs is 14. The molecule has 9 aromatic carbocycles. The first kappa shape index (κ1) is 40.7. The predicted octanol–water partition coefficient (Wildman–Crippen LogP) is 18.9. The molecule has 4 fully saturated rings. The number of hydrogen-bond acceptors (Lipinski definition) is 3. The summed E-state index contributed by atoms with van der Waals surface area (Å²) in [5.41, 5.74) is 11.6. The van der Waals surface area contributed by atoms with Crippen molar-refractivity contribution in [3.05, 3.63) is 198 Å². The Bertz CT molecular complexity index is 4400. The van der Waals surface area contributed by atoms with Crippen LogP contribution in [0.4, 0.5) is 5.69 Å². The van der Waals surface area contributed by atoms with E-state index in [9.17, 15) is 11.8 Å². The Morgan fingerprint density at radius 2 is 0.972 bits per heavy atom. The zero-order valence-corrected chi connectivity index (χ0v) is 40.9. The number of benzene rings is 9. The van der Waals surface area contributed by atoms with Crippen molar-refractivity contribution in [2.45, 2.75) is 38.0 Å².